The molecule has 0 atom stereocenters. The fourth-order valence-electron chi connectivity index (χ4n) is 2.52. The number of nitrogens with zero attached hydrogens (tertiary/aromatic N) is 1. The van der Waals surface area contributed by atoms with Crippen LogP contribution >= 0.6 is 11.6 Å². The van der Waals surface area contributed by atoms with Gasteiger partial charge in [-0.3, -0.25) is 4.79 Å². The molecular weight excluding hydrogens is 336 g/mol. The highest BCUT2D eigenvalue weighted by molar-refractivity contribution is 6.34. The van der Waals surface area contributed by atoms with Crippen molar-refractivity contribution in [2.45, 2.75) is 20.8 Å². The van der Waals surface area contributed by atoms with E-state index in [-0.39, 0.29) is 5.57 Å². The van der Waals surface area contributed by atoms with Gasteiger partial charge in [0.05, 0.1) is 10.7 Å². The molecule has 0 aromatic heterocycles. The maximum Gasteiger partial charge on any atom is 0.267 e. The lowest BCUT2D eigenvalue weighted by atomic mass is 10.1. The summed E-state index contributed by atoms with van der Waals surface area (Å²) in [6.07, 6.45) is 1.39. The Kier molecular flexibility index (Phi) is 5.68. The van der Waals surface area contributed by atoms with Crippen LogP contribution in [0.25, 0.3) is 0 Å². The summed E-state index contributed by atoms with van der Waals surface area (Å²) in [5.41, 5.74) is 10.5. The third-order valence-corrected chi connectivity index (χ3v) is 3.96. The fraction of sp³-hybridized carbons (Fsp3) is 0.158. The van der Waals surface area contributed by atoms with Gasteiger partial charge in [-0.1, -0.05) is 29.3 Å². The van der Waals surface area contributed by atoms with Gasteiger partial charge in [-0.05, 0) is 50.1 Å². The molecule has 25 heavy (non-hydrogen) atoms. The van der Waals surface area contributed by atoms with Gasteiger partial charge in [-0.2, -0.15) is 5.26 Å². The van der Waals surface area contributed by atoms with Crippen LogP contribution in [0.3, 0.4) is 0 Å². The third-order valence-electron chi connectivity index (χ3n) is 3.64. The van der Waals surface area contributed by atoms with Crippen LogP contribution in [0.4, 0.5) is 17.1 Å². The molecule has 0 aliphatic rings. The summed E-state index contributed by atoms with van der Waals surface area (Å²) < 4.78 is 0. The minimum Gasteiger partial charge on any atom is -0.399 e. The van der Waals surface area contributed by atoms with Crippen LogP contribution in [0.5, 0.6) is 0 Å². The van der Waals surface area contributed by atoms with Gasteiger partial charge < -0.3 is 16.4 Å². The van der Waals surface area contributed by atoms with Gasteiger partial charge in [0, 0.05) is 17.6 Å². The van der Waals surface area contributed by atoms with Gasteiger partial charge >= 0.3 is 0 Å². The SMILES string of the molecule is Cc1cc(C)c(N/C=C(/C#N)C(=O)Nc2ccc(N)cc2Cl)c(C)c1. The fourth-order valence-corrected chi connectivity index (χ4v) is 2.76. The number of rotatable bonds is 4. The maximum atomic E-state index is 12.3. The van der Waals surface area contributed by atoms with Crippen molar-refractivity contribution in [1.82, 2.24) is 0 Å². The number of anilines is 3. The molecule has 1 amide bonds. The summed E-state index contributed by atoms with van der Waals surface area (Å²) in [7, 11) is 0. The highest BCUT2D eigenvalue weighted by atomic mass is 35.5. The highest BCUT2D eigenvalue weighted by Crippen LogP contribution is 2.25. The van der Waals surface area contributed by atoms with Crippen molar-refractivity contribution >= 4 is 34.6 Å². The van der Waals surface area contributed by atoms with Gasteiger partial charge in [-0.15, -0.1) is 0 Å². The molecular formula is C19H19ClN4O. The first-order chi connectivity index (χ1) is 11.8. The minimum atomic E-state index is -0.552. The smallest absolute Gasteiger partial charge is 0.267 e. The number of hydrogen-bond donors (Lipinski definition) is 3. The second-order valence-corrected chi connectivity index (χ2v) is 6.19. The zero-order valence-electron chi connectivity index (χ0n) is 14.3. The lowest BCUT2D eigenvalue weighted by molar-refractivity contribution is -0.112. The zero-order valence-corrected chi connectivity index (χ0v) is 15.0. The number of halogens is 1. The maximum absolute atomic E-state index is 12.3. The van der Waals surface area contributed by atoms with E-state index < -0.39 is 5.91 Å². The molecule has 5 nitrogen and oxygen atoms in total. The van der Waals surface area contributed by atoms with Crippen LogP contribution in [0.1, 0.15) is 16.7 Å². The number of nitrogens with two attached hydrogens (primary N) is 1. The van der Waals surface area contributed by atoms with Crippen LogP contribution in [-0.4, -0.2) is 5.91 Å². The standard InChI is InChI=1S/C19H19ClN4O/c1-11-6-12(2)18(13(3)7-11)23-10-14(9-21)19(25)24-17-5-4-15(22)8-16(17)20/h4-8,10,23H,22H2,1-3H3,(H,24,25)/b14-10-. The third kappa shape index (κ3) is 4.52. The first-order valence-electron chi connectivity index (χ1n) is 7.63. The lowest BCUT2D eigenvalue weighted by Crippen LogP contribution is -2.15. The van der Waals surface area contributed by atoms with Crippen molar-refractivity contribution in [2.75, 3.05) is 16.4 Å². The number of nitrogen functional groups attached to an aromatic ring is 1. The van der Waals surface area contributed by atoms with Crippen LogP contribution in [-0.2, 0) is 4.79 Å². The molecule has 4 N–H and O–H groups in total. The van der Waals surface area contributed by atoms with Crippen LogP contribution in [0.15, 0.2) is 42.1 Å². The average molecular weight is 355 g/mol. The van der Waals surface area contributed by atoms with Crippen LogP contribution < -0.4 is 16.4 Å². The molecule has 0 aliphatic heterocycles. The van der Waals surface area contributed by atoms with Gasteiger partial charge in [0.15, 0.2) is 0 Å². The van der Waals surface area contributed by atoms with Gasteiger partial charge in [0.1, 0.15) is 11.6 Å². The molecule has 0 bridgehead atoms. The Labute approximate surface area is 152 Å². The van der Waals surface area contributed by atoms with Crippen molar-refractivity contribution < 1.29 is 4.79 Å². The summed E-state index contributed by atoms with van der Waals surface area (Å²) in [5, 5.41) is 15.2. The Hall–Kier alpha value is -2.97. The number of nitrogens with one attached hydrogen (secondary N) is 2. The molecule has 2 aromatic rings. The predicted molar refractivity (Wildman–Crippen MR) is 102 cm³/mol. The van der Waals surface area contributed by atoms with E-state index in [0.29, 0.717) is 16.4 Å². The second kappa shape index (κ2) is 7.73. The first kappa shape index (κ1) is 18.4. The highest BCUT2D eigenvalue weighted by Gasteiger charge is 2.12. The molecule has 0 radical (unpaired) electrons. The number of benzene rings is 2. The molecule has 128 valence electrons. The second-order valence-electron chi connectivity index (χ2n) is 5.78. The number of hydrogen-bond acceptors (Lipinski definition) is 4. The zero-order chi connectivity index (χ0) is 18.6. The van der Waals surface area contributed by atoms with Gasteiger partial charge in [0.25, 0.3) is 5.91 Å². The normalized spacial score (nSPS) is 10.9. The topological polar surface area (TPSA) is 90.9 Å². The molecule has 0 unspecified atom stereocenters. The van der Waals surface area contributed by atoms with E-state index in [0.717, 1.165) is 22.4 Å². The Morgan fingerprint density at radius 3 is 2.40 bits per heavy atom. The number of aryl methyl sites for hydroxylation is 3. The summed E-state index contributed by atoms with van der Waals surface area (Å²) in [6.45, 7) is 5.96. The molecule has 0 saturated heterocycles. The number of carbonyl (C=O) groups is 1. The average Bonchev–Trinajstić information content (AvgIpc) is 2.52. The Balaban J connectivity index is 2.20. The van der Waals surface area contributed by atoms with Gasteiger partial charge in [0.2, 0.25) is 0 Å². The van der Waals surface area contributed by atoms with E-state index in [4.69, 9.17) is 17.3 Å². The Bertz CT molecular complexity index is 874. The molecule has 6 heteroatoms. The van der Waals surface area contributed by atoms with E-state index in [2.05, 4.69) is 10.6 Å². The van der Waals surface area contributed by atoms with Crippen LogP contribution in [0.2, 0.25) is 5.02 Å². The first-order valence-corrected chi connectivity index (χ1v) is 8.00. The number of carbonyl (C=O) groups excluding carboxylic acids is 1. The lowest BCUT2D eigenvalue weighted by Gasteiger charge is -2.12. The van der Waals surface area contributed by atoms with Crippen molar-refractivity contribution in [3.63, 3.8) is 0 Å². The monoisotopic (exact) mass is 354 g/mol. The van der Waals surface area contributed by atoms with E-state index in [9.17, 15) is 10.1 Å². The van der Waals surface area contributed by atoms with Crippen molar-refractivity contribution in [3.05, 3.63) is 63.8 Å². The van der Waals surface area contributed by atoms with E-state index in [1.165, 1.54) is 12.3 Å². The molecule has 0 saturated carbocycles. The van der Waals surface area contributed by atoms with Crippen LogP contribution in [0, 0.1) is 32.1 Å². The Morgan fingerprint density at radius 2 is 1.84 bits per heavy atom. The largest absolute Gasteiger partial charge is 0.399 e. The number of amides is 1. The molecule has 0 fully saturated rings. The molecule has 0 aliphatic carbocycles. The molecule has 2 rings (SSSR count). The summed E-state index contributed by atoms with van der Waals surface area (Å²) in [5.74, 6) is -0.552. The van der Waals surface area contributed by atoms with Crippen molar-refractivity contribution in [3.8, 4) is 6.07 Å². The molecule has 0 heterocycles. The van der Waals surface area contributed by atoms with Gasteiger partial charge in [-0.25, -0.2) is 0 Å². The number of nitriles is 1. The predicted octanol–water partition coefficient (Wildman–Crippen LogP) is 4.31. The minimum absolute atomic E-state index is 0.0627. The van der Waals surface area contributed by atoms with E-state index in [1.54, 1.807) is 12.1 Å². The quantitative estimate of drug-likeness (QED) is 0.433. The van der Waals surface area contributed by atoms with E-state index >= 15 is 0 Å². The molecule has 2 aromatic carbocycles. The Morgan fingerprint density at radius 1 is 1.20 bits per heavy atom. The van der Waals surface area contributed by atoms with Crippen molar-refractivity contribution in [2.24, 2.45) is 0 Å². The summed E-state index contributed by atoms with van der Waals surface area (Å²) in [6, 6.07) is 10.7. The summed E-state index contributed by atoms with van der Waals surface area (Å²) >= 11 is 6.04. The molecule has 0 spiro atoms. The van der Waals surface area contributed by atoms with Crippen molar-refractivity contribution in [1.29, 1.82) is 5.26 Å². The summed E-state index contributed by atoms with van der Waals surface area (Å²) in [4.78, 5) is 12.3. The van der Waals surface area contributed by atoms with E-state index in [1.807, 2.05) is 39.0 Å².